The average molecular weight is 218 g/mol. The van der Waals surface area contributed by atoms with Gasteiger partial charge in [-0.25, -0.2) is 0 Å². The molecular weight excluding hydrogens is 200 g/mol. The zero-order valence-electron chi connectivity index (χ0n) is 9.46. The number of benzene rings is 1. The van der Waals surface area contributed by atoms with Gasteiger partial charge >= 0.3 is 0 Å². The van der Waals surface area contributed by atoms with Crippen LogP contribution < -0.4 is 10.6 Å². The van der Waals surface area contributed by atoms with Crippen molar-refractivity contribution in [3.63, 3.8) is 0 Å². The van der Waals surface area contributed by atoms with Crippen molar-refractivity contribution >= 4 is 5.69 Å². The molecule has 1 fully saturated rings. The smallest absolute Gasteiger partial charge is 0.0748 e. The molecule has 1 saturated heterocycles. The molecule has 3 nitrogen and oxygen atoms in total. The Bertz CT molecular complexity index is 372. The highest BCUT2D eigenvalue weighted by Crippen LogP contribution is 2.24. The summed E-state index contributed by atoms with van der Waals surface area (Å²) in [7, 11) is 0. The third kappa shape index (κ3) is 1.93. The summed E-state index contributed by atoms with van der Waals surface area (Å²) in [5.74, 6) is 0. The van der Waals surface area contributed by atoms with Crippen LogP contribution in [0.15, 0.2) is 18.2 Å². The van der Waals surface area contributed by atoms with E-state index in [1.807, 2.05) is 0 Å². The number of hydrogen-bond donors (Lipinski definition) is 2. The number of nitrogens with one attached hydrogen (secondary N) is 2. The third-order valence-corrected chi connectivity index (χ3v) is 3.43. The Kier molecular flexibility index (Phi) is 2.80. The fraction of sp³-hybridized carbons (Fsp3) is 0.538. The minimum Gasteiger partial charge on any atom is -0.382 e. The standard InChI is InChI=1S/C13H18N2O/c1-3-10-7-14-9-12(10)13(5-1)15-8-11-4-2-6-16-11/h1,3,5,11,14-15H,2,4,6-9H2. The van der Waals surface area contributed by atoms with Crippen LogP contribution in [0.3, 0.4) is 0 Å². The van der Waals surface area contributed by atoms with Gasteiger partial charge in [-0.2, -0.15) is 0 Å². The molecule has 0 spiro atoms. The molecule has 2 aliphatic rings. The minimum absolute atomic E-state index is 0.408. The van der Waals surface area contributed by atoms with Crippen LogP contribution in [0.5, 0.6) is 0 Å². The maximum atomic E-state index is 5.62. The number of hydrogen-bond acceptors (Lipinski definition) is 3. The van der Waals surface area contributed by atoms with Crippen molar-refractivity contribution in [2.24, 2.45) is 0 Å². The van der Waals surface area contributed by atoms with Crippen molar-refractivity contribution < 1.29 is 4.74 Å². The summed E-state index contributed by atoms with van der Waals surface area (Å²) in [5.41, 5.74) is 4.14. The summed E-state index contributed by atoms with van der Waals surface area (Å²) in [5, 5.41) is 6.91. The van der Waals surface area contributed by atoms with Gasteiger partial charge in [0.25, 0.3) is 0 Å². The second-order valence-corrected chi connectivity index (χ2v) is 4.56. The molecule has 1 aromatic rings. The van der Waals surface area contributed by atoms with E-state index in [2.05, 4.69) is 28.8 Å². The molecule has 1 aromatic carbocycles. The van der Waals surface area contributed by atoms with Gasteiger partial charge in [0.15, 0.2) is 0 Å². The quantitative estimate of drug-likeness (QED) is 0.812. The van der Waals surface area contributed by atoms with Crippen LogP contribution in [0.1, 0.15) is 24.0 Å². The Morgan fingerprint density at radius 1 is 1.38 bits per heavy atom. The predicted octanol–water partition coefficient (Wildman–Crippen LogP) is 1.88. The molecule has 0 aliphatic carbocycles. The Morgan fingerprint density at radius 3 is 3.25 bits per heavy atom. The molecule has 0 saturated carbocycles. The Labute approximate surface area is 96.2 Å². The highest BCUT2D eigenvalue weighted by Gasteiger charge is 2.17. The number of fused-ring (bicyclic) bond motifs is 1. The Morgan fingerprint density at radius 2 is 2.38 bits per heavy atom. The van der Waals surface area contributed by atoms with Gasteiger partial charge in [0, 0.05) is 31.9 Å². The van der Waals surface area contributed by atoms with E-state index in [0.717, 1.165) is 26.2 Å². The van der Waals surface area contributed by atoms with E-state index in [-0.39, 0.29) is 0 Å². The minimum atomic E-state index is 0.408. The molecule has 1 unspecified atom stereocenters. The van der Waals surface area contributed by atoms with Crippen molar-refractivity contribution in [1.29, 1.82) is 0 Å². The first-order valence-electron chi connectivity index (χ1n) is 6.10. The first kappa shape index (κ1) is 10.1. The van der Waals surface area contributed by atoms with Gasteiger partial charge in [0.05, 0.1) is 6.10 Å². The molecule has 86 valence electrons. The van der Waals surface area contributed by atoms with Gasteiger partial charge in [-0.3, -0.25) is 0 Å². The zero-order chi connectivity index (χ0) is 10.8. The van der Waals surface area contributed by atoms with E-state index in [1.165, 1.54) is 29.7 Å². The van der Waals surface area contributed by atoms with Crippen LogP contribution in [0.25, 0.3) is 0 Å². The van der Waals surface area contributed by atoms with E-state index in [9.17, 15) is 0 Å². The second-order valence-electron chi connectivity index (χ2n) is 4.56. The number of rotatable bonds is 3. The van der Waals surface area contributed by atoms with Crippen molar-refractivity contribution in [3.05, 3.63) is 29.3 Å². The third-order valence-electron chi connectivity index (χ3n) is 3.43. The fourth-order valence-corrected chi connectivity index (χ4v) is 2.53. The molecule has 0 aromatic heterocycles. The molecule has 0 amide bonds. The molecule has 0 radical (unpaired) electrons. The monoisotopic (exact) mass is 218 g/mol. The van der Waals surface area contributed by atoms with E-state index in [0.29, 0.717) is 6.10 Å². The summed E-state index contributed by atoms with van der Waals surface area (Å²) < 4.78 is 5.62. The molecule has 1 atom stereocenters. The van der Waals surface area contributed by atoms with Crippen molar-refractivity contribution in [2.75, 3.05) is 18.5 Å². The van der Waals surface area contributed by atoms with Gasteiger partial charge in [-0.1, -0.05) is 12.1 Å². The lowest BCUT2D eigenvalue weighted by atomic mass is 10.1. The lowest BCUT2D eigenvalue weighted by Crippen LogP contribution is -2.19. The normalized spacial score (nSPS) is 23.4. The van der Waals surface area contributed by atoms with Crippen LogP contribution in [0, 0.1) is 0 Å². The maximum absolute atomic E-state index is 5.62. The molecule has 3 rings (SSSR count). The van der Waals surface area contributed by atoms with E-state index < -0.39 is 0 Å². The highest BCUT2D eigenvalue weighted by atomic mass is 16.5. The molecular formula is C13H18N2O. The lowest BCUT2D eigenvalue weighted by Gasteiger charge is -2.14. The first-order valence-corrected chi connectivity index (χ1v) is 6.10. The van der Waals surface area contributed by atoms with Gasteiger partial charge < -0.3 is 15.4 Å². The fourth-order valence-electron chi connectivity index (χ4n) is 2.53. The highest BCUT2D eigenvalue weighted by molar-refractivity contribution is 5.56. The van der Waals surface area contributed by atoms with E-state index in [4.69, 9.17) is 4.74 Å². The maximum Gasteiger partial charge on any atom is 0.0748 e. The van der Waals surface area contributed by atoms with Crippen LogP contribution in [-0.4, -0.2) is 19.3 Å². The SMILES string of the molecule is c1cc2c(c(NCC3CCCO3)c1)CNC2. The van der Waals surface area contributed by atoms with Crippen molar-refractivity contribution in [1.82, 2.24) is 5.32 Å². The number of anilines is 1. The number of ether oxygens (including phenoxy) is 1. The van der Waals surface area contributed by atoms with Crippen molar-refractivity contribution in [2.45, 2.75) is 32.0 Å². The molecule has 16 heavy (non-hydrogen) atoms. The largest absolute Gasteiger partial charge is 0.382 e. The van der Waals surface area contributed by atoms with Gasteiger partial charge in [0.1, 0.15) is 0 Å². The van der Waals surface area contributed by atoms with Gasteiger partial charge in [-0.05, 0) is 30.0 Å². The molecule has 2 aliphatic heterocycles. The second kappa shape index (κ2) is 4.44. The van der Waals surface area contributed by atoms with Gasteiger partial charge in [0.2, 0.25) is 0 Å². The van der Waals surface area contributed by atoms with Crippen LogP contribution in [0.4, 0.5) is 5.69 Å². The summed E-state index contributed by atoms with van der Waals surface area (Å²) >= 11 is 0. The zero-order valence-corrected chi connectivity index (χ0v) is 9.46. The predicted molar refractivity (Wildman–Crippen MR) is 64.4 cm³/mol. The van der Waals surface area contributed by atoms with Crippen LogP contribution in [-0.2, 0) is 17.8 Å². The summed E-state index contributed by atoms with van der Waals surface area (Å²) in [6.45, 7) is 3.87. The topological polar surface area (TPSA) is 33.3 Å². The first-order chi connectivity index (χ1) is 7.93. The summed E-state index contributed by atoms with van der Waals surface area (Å²) in [6.07, 6.45) is 2.81. The molecule has 0 bridgehead atoms. The van der Waals surface area contributed by atoms with E-state index >= 15 is 0 Å². The van der Waals surface area contributed by atoms with Crippen LogP contribution >= 0.6 is 0 Å². The van der Waals surface area contributed by atoms with Crippen molar-refractivity contribution in [3.8, 4) is 0 Å². The summed E-state index contributed by atoms with van der Waals surface area (Å²) in [4.78, 5) is 0. The molecule has 2 N–H and O–H groups in total. The lowest BCUT2D eigenvalue weighted by molar-refractivity contribution is 0.120. The molecule has 3 heteroatoms. The molecule has 2 heterocycles. The Hall–Kier alpha value is -1.06. The van der Waals surface area contributed by atoms with E-state index in [1.54, 1.807) is 0 Å². The summed E-state index contributed by atoms with van der Waals surface area (Å²) in [6, 6.07) is 6.50. The van der Waals surface area contributed by atoms with Gasteiger partial charge in [-0.15, -0.1) is 0 Å². The Balaban J connectivity index is 1.67. The van der Waals surface area contributed by atoms with Crippen LogP contribution in [0.2, 0.25) is 0 Å². The average Bonchev–Trinajstić information content (AvgIpc) is 2.97.